The van der Waals surface area contributed by atoms with Gasteiger partial charge in [0.15, 0.2) is 0 Å². The molecule has 124 valence electrons. The van der Waals surface area contributed by atoms with Gasteiger partial charge in [-0.05, 0) is 24.3 Å². The molecule has 25 heavy (non-hydrogen) atoms. The smallest absolute Gasteiger partial charge is 0.259 e. The van der Waals surface area contributed by atoms with E-state index in [-0.39, 0.29) is 11.9 Å². The van der Waals surface area contributed by atoms with E-state index in [0.717, 1.165) is 11.3 Å². The fourth-order valence-corrected chi connectivity index (χ4v) is 3.55. The highest BCUT2D eigenvalue weighted by Gasteiger charge is 2.15. The van der Waals surface area contributed by atoms with Crippen molar-refractivity contribution in [2.75, 3.05) is 5.32 Å². The Morgan fingerprint density at radius 3 is 2.60 bits per heavy atom. The van der Waals surface area contributed by atoms with Gasteiger partial charge in [0.1, 0.15) is 0 Å². The number of carbonyl (C=O) groups is 1. The van der Waals surface area contributed by atoms with E-state index in [4.69, 9.17) is 23.2 Å². The van der Waals surface area contributed by atoms with Crippen LogP contribution in [-0.2, 0) is 0 Å². The van der Waals surface area contributed by atoms with Crippen LogP contribution in [0, 0.1) is 0 Å². The first-order valence-corrected chi connectivity index (χ1v) is 8.91. The van der Waals surface area contributed by atoms with Crippen LogP contribution >= 0.6 is 34.5 Å². The quantitative estimate of drug-likeness (QED) is 0.536. The zero-order valence-corrected chi connectivity index (χ0v) is 14.9. The molecule has 0 spiro atoms. The van der Waals surface area contributed by atoms with E-state index >= 15 is 0 Å². The number of thiazole rings is 1. The molecular weight excluding hydrogens is 379 g/mol. The molecule has 0 atom stereocenters. The number of amides is 1. The van der Waals surface area contributed by atoms with Crippen molar-refractivity contribution in [3.63, 3.8) is 0 Å². The molecule has 2 aromatic heterocycles. The van der Waals surface area contributed by atoms with E-state index < -0.39 is 0 Å². The number of benzene rings is 2. The number of hydrogen-bond donors (Lipinski definition) is 1. The third-order valence-electron chi connectivity index (χ3n) is 3.57. The molecule has 2 heterocycles. The maximum Gasteiger partial charge on any atom is 0.259 e. The van der Waals surface area contributed by atoms with Crippen molar-refractivity contribution >= 4 is 51.4 Å². The Bertz CT molecular complexity index is 1070. The minimum Gasteiger partial charge on any atom is -0.289 e. The Morgan fingerprint density at radius 2 is 1.84 bits per heavy atom. The molecule has 1 N–H and O–H groups in total. The SMILES string of the molecule is O=C(Nc1nc2scc(-c3ccc(Cl)cc3)n2n1)c1ccccc1Cl. The number of anilines is 1. The van der Waals surface area contributed by atoms with E-state index in [2.05, 4.69) is 15.4 Å². The van der Waals surface area contributed by atoms with Crippen LogP contribution in [0.25, 0.3) is 16.2 Å². The topological polar surface area (TPSA) is 59.3 Å². The Hall–Kier alpha value is -2.41. The predicted octanol–water partition coefficient (Wildman–Crippen LogP) is 5.02. The molecule has 8 heteroatoms. The molecule has 2 aromatic carbocycles. The second-order valence-corrected chi connectivity index (χ2v) is 6.87. The number of rotatable bonds is 3. The Kier molecular flexibility index (Phi) is 4.17. The number of hydrogen-bond acceptors (Lipinski definition) is 4. The van der Waals surface area contributed by atoms with Crippen molar-refractivity contribution in [1.82, 2.24) is 14.6 Å². The van der Waals surface area contributed by atoms with Gasteiger partial charge in [0.05, 0.1) is 16.3 Å². The average Bonchev–Trinajstić information content (AvgIpc) is 3.16. The first kappa shape index (κ1) is 16.1. The molecule has 5 nitrogen and oxygen atoms in total. The highest BCUT2D eigenvalue weighted by Crippen LogP contribution is 2.27. The predicted molar refractivity (Wildman–Crippen MR) is 101 cm³/mol. The minimum absolute atomic E-state index is 0.229. The number of fused-ring (bicyclic) bond motifs is 1. The van der Waals surface area contributed by atoms with Crippen molar-refractivity contribution in [1.29, 1.82) is 0 Å². The monoisotopic (exact) mass is 388 g/mol. The summed E-state index contributed by atoms with van der Waals surface area (Å²) < 4.78 is 1.69. The van der Waals surface area contributed by atoms with Gasteiger partial charge in [-0.15, -0.1) is 16.4 Å². The van der Waals surface area contributed by atoms with Gasteiger partial charge in [0.2, 0.25) is 4.96 Å². The Labute approximate surface area is 156 Å². The number of halogens is 2. The normalized spacial score (nSPS) is 11.0. The van der Waals surface area contributed by atoms with Gasteiger partial charge in [0, 0.05) is 16.0 Å². The van der Waals surface area contributed by atoms with Crippen LogP contribution in [0.1, 0.15) is 10.4 Å². The molecule has 0 aliphatic carbocycles. The van der Waals surface area contributed by atoms with Crippen molar-refractivity contribution < 1.29 is 4.79 Å². The summed E-state index contributed by atoms with van der Waals surface area (Å²) in [5.41, 5.74) is 2.21. The molecule has 0 radical (unpaired) electrons. The number of nitrogens with one attached hydrogen (secondary N) is 1. The fourth-order valence-electron chi connectivity index (χ4n) is 2.37. The van der Waals surface area contributed by atoms with Gasteiger partial charge in [-0.2, -0.15) is 4.98 Å². The number of aromatic nitrogens is 3. The lowest BCUT2D eigenvalue weighted by Crippen LogP contribution is -2.13. The molecule has 0 unspecified atom stereocenters. The maximum absolute atomic E-state index is 12.3. The first-order chi connectivity index (χ1) is 12.1. The zero-order valence-electron chi connectivity index (χ0n) is 12.6. The fraction of sp³-hybridized carbons (Fsp3) is 0. The second-order valence-electron chi connectivity index (χ2n) is 5.19. The molecular formula is C17H10Cl2N4OS. The summed E-state index contributed by atoms with van der Waals surface area (Å²) in [4.78, 5) is 17.4. The van der Waals surface area contributed by atoms with Crippen molar-refractivity contribution in [3.8, 4) is 11.3 Å². The van der Waals surface area contributed by atoms with Crippen LogP contribution in [0.15, 0.2) is 53.9 Å². The van der Waals surface area contributed by atoms with Gasteiger partial charge in [-0.1, -0.05) is 47.5 Å². The lowest BCUT2D eigenvalue weighted by Gasteiger charge is -2.02. The van der Waals surface area contributed by atoms with Crippen LogP contribution in [0.5, 0.6) is 0 Å². The Morgan fingerprint density at radius 1 is 1.08 bits per heavy atom. The van der Waals surface area contributed by atoms with E-state index in [0.29, 0.717) is 20.6 Å². The molecule has 0 aliphatic heterocycles. The summed E-state index contributed by atoms with van der Waals surface area (Å²) in [6.07, 6.45) is 0. The van der Waals surface area contributed by atoms with Crippen molar-refractivity contribution in [2.24, 2.45) is 0 Å². The number of carbonyl (C=O) groups excluding carboxylic acids is 1. The van der Waals surface area contributed by atoms with Crippen LogP contribution in [-0.4, -0.2) is 20.5 Å². The first-order valence-electron chi connectivity index (χ1n) is 7.28. The lowest BCUT2D eigenvalue weighted by molar-refractivity contribution is 0.102. The minimum atomic E-state index is -0.350. The molecule has 0 aliphatic rings. The summed E-state index contributed by atoms with van der Waals surface area (Å²) in [5, 5.41) is 10.1. The van der Waals surface area contributed by atoms with Gasteiger partial charge >= 0.3 is 0 Å². The molecule has 0 bridgehead atoms. The summed E-state index contributed by atoms with van der Waals surface area (Å²) >= 11 is 13.4. The summed E-state index contributed by atoms with van der Waals surface area (Å²) in [7, 11) is 0. The molecule has 0 saturated carbocycles. The second kappa shape index (κ2) is 6.48. The lowest BCUT2D eigenvalue weighted by atomic mass is 10.2. The van der Waals surface area contributed by atoms with Gasteiger partial charge in [-0.3, -0.25) is 10.1 Å². The van der Waals surface area contributed by atoms with Gasteiger partial charge in [0.25, 0.3) is 11.9 Å². The van der Waals surface area contributed by atoms with Crippen LogP contribution < -0.4 is 5.32 Å². The van der Waals surface area contributed by atoms with Crippen LogP contribution in [0.2, 0.25) is 10.0 Å². The van der Waals surface area contributed by atoms with Crippen LogP contribution in [0.4, 0.5) is 5.95 Å². The van der Waals surface area contributed by atoms with Gasteiger partial charge < -0.3 is 0 Å². The van der Waals surface area contributed by atoms with Gasteiger partial charge in [-0.25, -0.2) is 4.52 Å². The third kappa shape index (κ3) is 3.11. The van der Waals surface area contributed by atoms with E-state index in [1.54, 1.807) is 28.8 Å². The maximum atomic E-state index is 12.3. The summed E-state index contributed by atoms with van der Waals surface area (Å²) in [6.45, 7) is 0. The zero-order chi connectivity index (χ0) is 17.4. The molecule has 4 aromatic rings. The summed E-state index contributed by atoms with van der Waals surface area (Å²) in [6, 6.07) is 14.3. The summed E-state index contributed by atoms with van der Waals surface area (Å²) in [5.74, 6) is -0.121. The molecule has 4 rings (SSSR count). The highest BCUT2D eigenvalue weighted by molar-refractivity contribution is 7.15. The van der Waals surface area contributed by atoms with Crippen molar-refractivity contribution in [2.45, 2.75) is 0 Å². The van der Waals surface area contributed by atoms with Crippen LogP contribution in [0.3, 0.4) is 0 Å². The average molecular weight is 389 g/mol. The molecule has 0 saturated heterocycles. The standard InChI is InChI=1S/C17H10Cl2N4OS/c18-11-7-5-10(6-8-11)14-9-25-17-21-16(22-23(14)17)20-15(24)12-3-1-2-4-13(12)19/h1-9H,(H,20,22,24). The highest BCUT2D eigenvalue weighted by atomic mass is 35.5. The largest absolute Gasteiger partial charge is 0.289 e. The third-order valence-corrected chi connectivity index (χ3v) is 4.96. The van der Waals surface area contributed by atoms with Crippen molar-refractivity contribution in [3.05, 3.63) is 69.5 Å². The Balaban J connectivity index is 1.65. The van der Waals surface area contributed by atoms with E-state index in [1.807, 2.05) is 29.6 Å². The molecule has 0 fully saturated rings. The molecule has 1 amide bonds. The van der Waals surface area contributed by atoms with E-state index in [1.165, 1.54) is 11.3 Å². The van der Waals surface area contributed by atoms with E-state index in [9.17, 15) is 4.79 Å². The number of nitrogens with zero attached hydrogens (tertiary/aromatic N) is 3.